The van der Waals surface area contributed by atoms with Crippen molar-refractivity contribution in [3.8, 4) is 11.4 Å². The van der Waals surface area contributed by atoms with E-state index in [1.165, 1.54) is 52.0 Å². The van der Waals surface area contributed by atoms with Crippen molar-refractivity contribution >= 4 is 33.8 Å². The molecule has 0 amide bonds. The van der Waals surface area contributed by atoms with E-state index >= 15 is 4.39 Å². The van der Waals surface area contributed by atoms with Crippen LogP contribution in [-0.4, -0.2) is 113 Å². The van der Waals surface area contributed by atoms with Gasteiger partial charge in [0, 0.05) is 62.0 Å². The predicted molar refractivity (Wildman–Crippen MR) is 228 cm³/mol. The number of esters is 1. The summed E-state index contributed by atoms with van der Waals surface area (Å²) in [5.41, 5.74) is 1.38. The molecule has 2 aliphatic rings. The summed E-state index contributed by atoms with van der Waals surface area (Å²) >= 11 is 0. The summed E-state index contributed by atoms with van der Waals surface area (Å²) in [6, 6.07) is 18.3. The Morgan fingerprint density at radius 3 is 2.20 bits per heavy atom. The maximum atomic E-state index is 15.0. The molecule has 0 radical (unpaired) electrons. The van der Waals surface area contributed by atoms with Crippen molar-refractivity contribution < 1.29 is 55.0 Å². The zero-order valence-electron chi connectivity index (χ0n) is 35.7. The molecule has 5 atom stereocenters. The second-order valence-corrected chi connectivity index (χ2v) is 16.9. The van der Waals surface area contributed by atoms with Gasteiger partial charge in [0.05, 0.1) is 31.5 Å². The summed E-state index contributed by atoms with van der Waals surface area (Å²) < 4.78 is 92.1. The molecule has 3 aromatic carbocycles. The molecule has 2 saturated heterocycles. The first-order chi connectivity index (χ1) is 31.1. The number of ether oxygens (including phenoxy) is 5. The minimum atomic E-state index is -4.62. The lowest BCUT2D eigenvalue weighted by molar-refractivity contribution is -0.167. The van der Waals surface area contributed by atoms with Crippen molar-refractivity contribution in [1.82, 2.24) is 33.8 Å². The molecule has 0 aliphatic carbocycles. The van der Waals surface area contributed by atoms with Crippen LogP contribution in [0.15, 0.2) is 90.5 Å². The third-order valence-electron chi connectivity index (χ3n) is 11.2. The van der Waals surface area contributed by atoms with Gasteiger partial charge in [-0.05, 0) is 74.4 Å². The van der Waals surface area contributed by atoms with Crippen LogP contribution in [0.2, 0.25) is 0 Å². The molecule has 0 bridgehead atoms. The van der Waals surface area contributed by atoms with Crippen molar-refractivity contribution in [3.05, 3.63) is 113 Å². The van der Waals surface area contributed by atoms with Crippen molar-refractivity contribution in [1.29, 1.82) is 0 Å². The number of piperazine rings is 1. The zero-order valence-corrected chi connectivity index (χ0v) is 36.6. The average Bonchev–Trinajstić information content (AvgIpc) is 4.04. The highest BCUT2D eigenvalue weighted by molar-refractivity contribution is 7.83. The molecule has 2 N–H and O–H groups in total. The fourth-order valence-corrected chi connectivity index (χ4v) is 8.32. The maximum absolute atomic E-state index is 15.0. The molecule has 2 unspecified atom stereocenters. The van der Waals surface area contributed by atoms with Gasteiger partial charge in [0.25, 0.3) is 0 Å². The molecule has 2 aliphatic heterocycles. The van der Waals surface area contributed by atoms with Gasteiger partial charge in [-0.1, -0.05) is 13.0 Å². The Balaban J connectivity index is 0.877. The molecule has 65 heavy (non-hydrogen) atoms. The second-order valence-electron chi connectivity index (χ2n) is 15.6. The quantitative estimate of drug-likeness (QED) is 0.0720. The van der Waals surface area contributed by atoms with Gasteiger partial charge in [-0.15, -0.1) is 0 Å². The Morgan fingerprint density at radius 1 is 0.923 bits per heavy atom. The van der Waals surface area contributed by atoms with Crippen LogP contribution in [-0.2, 0) is 46.2 Å². The summed E-state index contributed by atoms with van der Waals surface area (Å²) in [6.07, 6.45) is 1.57. The van der Waals surface area contributed by atoms with E-state index in [4.69, 9.17) is 28.2 Å². The summed E-state index contributed by atoms with van der Waals surface area (Å²) in [4.78, 5) is 46.2. The van der Waals surface area contributed by atoms with E-state index in [2.05, 4.69) is 25.0 Å². The molecule has 0 saturated carbocycles. The van der Waals surface area contributed by atoms with E-state index in [9.17, 15) is 27.2 Å². The van der Waals surface area contributed by atoms with Crippen LogP contribution in [0, 0.1) is 17.6 Å². The van der Waals surface area contributed by atoms with Crippen LogP contribution in [0.4, 0.5) is 25.0 Å². The Labute approximate surface area is 372 Å². The van der Waals surface area contributed by atoms with Gasteiger partial charge in [-0.2, -0.15) is 23.3 Å². The number of halogens is 2. The number of rotatable bonds is 18. The number of carbonyl (C=O) groups excluding carboxylic acids is 2. The fourth-order valence-electron chi connectivity index (χ4n) is 8.02. The first-order valence-electron chi connectivity index (χ1n) is 20.8. The van der Waals surface area contributed by atoms with Crippen LogP contribution >= 0.6 is 0 Å². The largest absolute Gasteiger partial charge is 0.511 e. The van der Waals surface area contributed by atoms with Gasteiger partial charge in [0.2, 0.25) is 6.29 Å². The van der Waals surface area contributed by atoms with Crippen LogP contribution in [0.1, 0.15) is 45.2 Å². The Morgan fingerprint density at radius 2 is 1.58 bits per heavy atom. The fraction of sp³-hybridized carbons (Fsp3) is 0.429. The van der Waals surface area contributed by atoms with Crippen molar-refractivity contribution in [2.75, 3.05) is 55.7 Å². The Hall–Kier alpha value is -6.43. The van der Waals surface area contributed by atoms with Crippen LogP contribution in [0.3, 0.4) is 0 Å². The average molecular weight is 926 g/mol. The van der Waals surface area contributed by atoms with E-state index in [0.29, 0.717) is 37.5 Å². The number of benzene rings is 3. The Kier molecular flexibility index (Phi) is 14.4. The number of nitrogens with one attached hydrogen (secondary N) is 1. The minimum Gasteiger partial charge on any atom is -0.493 e. The van der Waals surface area contributed by atoms with Crippen LogP contribution < -0.4 is 24.9 Å². The third-order valence-corrected chi connectivity index (χ3v) is 11.7. The highest BCUT2D eigenvalue weighted by Gasteiger charge is 2.45. The van der Waals surface area contributed by atoms with Crippen LogP contribution in [0.5, 0.6) is 5.75 Å². The van der Waals surface area contributed by atoms with Gasteiger partial charge >= 0.3 is 28.1 Å². The first kappa shape index (κ1) is 46.6. The lowest BCUT2D eigenvalue weighted by Gasteiger charge is -2.37. The summed E-state index contributed by atoms with van der Waals surface area (Å²) in [5.74, 6) is -1.82. The molecule has 20 nitrogen and oxygen atoms in total. The summed E-state index contributed by atoms with van der Waals surface area (Å²) in [7, 11) is -4.62. The number of anilines is 2. The highest BCUT2D eigenvalue weighted by atomic mass is 32.2. The maximum Gasteiger partial charge on any atom is 0.511 e. The number of hydrogen-bond donors (Lipinski definition) is 2. The lowest BCUT2D eigenvalue weighted by Crippen LogP contribution is -2.46. The lowest BCUT2D eigenvalue weighted by atomic mass is 9.87. The van der Waals surface area contributed by atoms with E-state index < -0.39 is 70.3 Å². The summed E-state index contributed by atoms with van der Waals surface area (Å²) in [5, 5.41) is 8.46. The highest BCUT2D eigenvalue weighted by Crippen LogP contribution is 2.42. The van der Waals surface area contributed by atoms with Gasteiger partial charge < -0.3 is 33.5 Å². The number of hydrogen-bond acceptors (Lipinski definition) is 15. The molecule has 4 heterocycles. The molecular formula is C42H49F2N9O11S. The van der Waals surface area contributed by atoms with E-state index in [1.807, 2.05) is 48.5 Å². The zero-order chi connectivity index (χ0) is 46.3. The van der Waals surface area contributed by atoms with E-state index in [1.54, 1.807) is 18.5 Å². The van der Waals surface area contributed by atoms with Crippen molar-refractivity contribution in [2.45, 2.75) is 64.2 Å². The monoisotopic (exact) mass is 925 g/mol. The minimum absolute atomic E-state index is 0.0537. The molecule has 0 spiro atoms. The topological polar surface area (TPSA) is 224 Å². The molecule has 2 fully saturated rings. The van der Waals surface area contributed by atoms with Gasteiger partial charge in [-0.25, -0.2) is 37.3 Å². The molecule has 7 rings (SSSR count). The number of aromatic nitrogens is 6. The SMILES string of the molecule is CC[C@@H](C(C)OC(=O)OC(C)OC(=O)CNS(=O)(=O)O)n1ncn(-c2ccc(N3CCN(c4ccc(OC[C@@H]5CO[C@@](Cn6cncn6)(c6ccc(F)cc6F)C5)cc4)CC3)cc2)c1=O. The standard InChI is InChI=1S/C42H49F2N9O11S/c1-4-38(28(2)62-41(56)64-29(3)63-39(54)21-48-65(57,58)59)53-40(55)52(27-47-53)34-8-6-32(7-9-34)49-15-17-50(18-16-49)33-10-12-35(13-11-33)60-22-30-20-42(61-23-30,24-51-26-45-25-46-51)36-14-5-31(43)19-37(36)44/h5-14,19,25-30,38,48H,4,15-18,20-24H2,1-3H3,(H,57,58,59)/t28?,29?,30-,38+,42+/m1/s1. The van der Waals surface area contributed by atoms with Gasteiger partial charge in [0.1, 0.15) is 54.6 Å². The van der Waals surface area contributed by atoms with Crippen molar-refractivity contribution in [2.24, 2.45) is 5.92 Å². The van der Waals surface area contributed by atoms with Gasteiger partial charge in [-0.3, -0.25) is 9.35 Å². The second kappa shape index (κ2) is 20.2. The Bertz CT molecular complexity index is 2570. The first-order valence-corrected chi connectivity index (χ1v) is 22.2. The molecule has 348 valence electrons. The normalized spacial score (nSPS) is 19.1. The number of carbonyl (C=O) groups is 2. The predicted octanol–water partition coefficient (Wildman–Crippen LogP) is 4.02. The van der Waals surface area contributed by atoms with E-state index in [-0.39, 0.29) is 18.0 Å². The molecule has 5 aromatic rings. The van der Waals surface area contributed by atoms with Crippen molar-refractivity contribution in [3.63, 3.8) is 0 Å². The molecular weight excluding hydrogens is 877 g/mol. The van der Waals surface area contributed by atoms with E-state index in [0.717, 1.165) is 43.6 Å². The van der Waals surface area contributed by atoms with Crippen LogP contribution in [0.25, 0.3) is 5.69 Å². The molecule has 23 heteroatoms. The summed E-state index contributed by atoms with van der Waals surface area (Å²) in [6.45, 7) is 7.61. The van der Waals surface area contributed by atoms with Gasteiger partial charge in [0.15, 0.2) is 0 Å². The number of nitrogens with zero attached hydrogens (tertiary/aromatic N) is 8. The third kappa shape index (κ3) is 11.6. The molecule has 2 aromatic heterocycles. The smallest absolute Gasteiger partial charge is 0.493 e.